The van der Waals surface area contributed by atoms with E-state index in [2.05, 4.69) is 36.5 Å². The number of hydrogen-bond donors (Lipinski definition) is 3. The van der Waals surface area contributed by atoms with Gasteiger partial charge in [0.25, 0.3) is 5.91 Å². The highest BCUT2D eigenvalue weighted by Crippen LogP contribution is 2.14. The lowest BCUT2D eigenvalue weighted by Gasteiger charge is -2.35. The van der Waals surface area contributed by atoms with E-state index in [1.165, 1.54) is 22.6 Å². The zero-order valence-corrected chi connectivity index (χ0v) is 17.3. The lowest BCUT2D eigenvalue weighted by atomic mass is 9.98. The molecule has 0 bridgehead atoms. The molecule has 3 rings (SSSR count). The number of carbonyl (C=O) groups excluding carboxylic acids is 1. The van der Waals surface area contributed by atoms with E-state index < -0.39 is 0 Å². The van der Waals surface area contributed by atoms with Gasteiger partial charge in [-0.05, 0) is 19.1 Å². The highest BCUT2D eigenvalue weighted by Gasteiger charge is 2.32. The Morgan fingerprint density at radius 2 is 1.79 bits per heavy atom. The number of quaternary nitrogens is 2. The molecule has 156 valence electrons. The standard InChI is InChI=1S/C23H30FN3O2/c1-18(23(20-6-4-3-5-7-20)27-12-14-29-15-13-27)25-22(28)17-26(2)16-19-8-10-21(24)11-9-19/h3-11,18,23H,12-17H2,1-2H3,(H,25,28)/p+2/t18-,23-/m1/s1. The predicted molar refractivity (Wildman–Crippen MR) is 110 cm³/mol. The van der Waals surface area contributed by atoms with Crippen LogP contribution in [0.5, 0.6) is 0 Å². The number of morpholine rings is 1. The average Bonchev–Trinajstić information content (AvgIpc) is 2.71. The Bertz CT molecular complexity index is 763. The van der Waals surface area contributed by atoms with Crippen LogP contribution in [0, 0.1) is 5.82 Å². The fourth-order valence-corrected chi connectivity index (χ4v) is 4.16. The number of likely N-dealkylation sites (N-methyl/N-ethyl adjacent to an activating group) is 1. The Balaban J connectivity index is 1.59. The Kier molecular flexibility index (Phi) is 7.75. The summed E-state index contributed by atoms with van der Waals surface area (Å²) in [6.07, 6.45) is 0. The van der Waals surface area contributed by atoms with Gasteiger partial charge in [0.1, 0.15) is 31.5 Å². The molecule has 1 saturated heterocycles. The molecule has 3 atom stereocenters. The lowest BCUT2D eigenvalue weighted by molar-refractivity contribution is -0.940. The lowest BCUT2D eigenvalue weighted by Crippen LogP contribution is -3.15. The zero-order valence-electron chi connectivity index (χ0n) is 17.3. The largest absolute Gasteiger partial charge is 0.370 e. The van der Waals surface area contributed by atoms with Gasteiger partial charge in [-0.15, -0.1) is 0 Å². The van der Waals surface area contributed by atoms with Crippen molar-refractivity contribution >= 4 is 5.91 Å². The maximum absolute atomic E-state index is 13.1. The van der Waals surface area contributed by atoms with Crippen molar-refractivity contribution < 1.29 is 23.7 Å². The second-order valence-electron chi connectivity index (χ2n) is 7.95. The van der Waals surface area contributed by atoms with E-state index in [4.69, 9.17) is 4.74 Å². The zero-order chi connectivity index (χ0) is 20.6. The Morgan fingerprint density at radius 3 is 2.45 bits per heavy atom. The van der Waals surface area contributed by atoms with E-state index in [1.54, 1.807) is 12.1 Å². The first-order chi connectivity index (χ1) is 14.0. The first kappa shape index (κ1) is 21.4. The summed E-state index contributed by atoms with van der Waals surface area (Å²) >= 11 is 0. The number of rotatable bonds is 8. The fraction of sp³-hybridized carbons (Fsp3) is 0.435. The Morgan fingerprint density at radius 1 is 1.14 bits per heavy atom. The van der Waals surface area contributed by atoms with Crippen LogP contribution < -0.4 is 15.1 Å². The van der Waals surface area contributed by atoms with E-state index in [1.807, 2.05) is 13.1 Å². The summed E-state index contributed by atoms with van der Waals surface area (Å²) in [4.78, 5) is 15.2. The molecular weight excluding hydrogens is 369 g/mol. The monoisotopic (exact) mass is 401 g/mol. The van der Waals surface area contributed by atoms with Gasteiger partial charge in [0.15, 0.2) is 6.54 Å². The summed E-state index contributed by atoms with van der Waals surface area (Å²) < 4.78 is 18.6. The van der Waals surface area contributed by atoms with Crippen molar-refractivity contribution in [2.45, 2.75) is 25.6 Å². The molecule has 2 aromatic rings. The van der Waals surface area contributed by atoms with Crippen LogP contribution in [-0.2, 0) is 16.1 Å². The molecule has 1 fully saturated rings. The Labute approximate surface area is 172 Å². The molecule has 1 aliphatic rings. The molecule has 5 nitrogen and oxygen atoms in total. The fourth-order valence-electron chi connectivity index (χ4n) is 4.16. The van der Waals surface area contributed by atoms with Crippen LogP contribution in [0.15, 0.2) is 54.6 Å². The van der Waals surface area contributed by atoms with Gasteiger partial charge in [-0.1, -0.05) is 42.5 Å². The first-order valence-electron chi connectivity index (χ1n) is 10.4. The molecule has 0 aliphatic carbocycles. The van der Waals surface area contributed by atoms with Crippen LogP contribution in [0.2, 0.25) is 0 Å². The third-order valence-electron chi connectivity index (χ3n) is 5.50. The van der Waals surface area contributed by atoms with Gasteiger partial charge in [-0.25, -0.2) is 4.39 Å². The molecule has 2 aromatic carbocycles. The minimum Gasteiger partial charge on any atom is -0.370 e. The molecule has 1 heterocycles. The maximum atomic E-state index is 13.1. The van der Waals surface area contributed by atoms with Crippen LogP contribution in [-0.4, -0.2) is 51.8 Å². The van der Waals surface area contributed by atoms with Crippen molar-refractivity contribution in [1.82, 2.24) is 5.32 Å². The van der Waals surface area contributed by atoms with E-state index in [0.29, 0.717) is 13.1 Å². The highest BCUT2D eigenvalue weighted by atomic mass is 19.1. The van der Waals surface area contributed by atoms with Crippen LogP contribution in [0.1, 0.15) is 24.1 Å². The van der Waals surface area contributed by atoms with Crippen molar-refractivity contribution in [2.24, 2.45) is 0 Å². The predicted octanol–water partition coefficient (Wildman–Crippen LogP) is 0.00150. The van der Waals surface area contributed by atoms with Crippen molar-refractivity contribution in [3.63, 3.8) is 0 Å². The second-order valence-corrected chi connectivity index (χ2v) is 7.95. The van der Waals surface area contributed by atoms with Crippen LogP contribution in [0.4, 0.5) is 4.39 Å². The molecule has 0 aromatic heterocycles. The third kappa shape index (κ3) is 6.35. The third-order valence-corrected chi connectivity index (χ3v) is 5.50. The molecule has 0 spiro atoms. The number of halogens is 1. The van der Waals surface area contributed by atoms with E-state index >= 15 is 0 Å². The van der Waals surface area contributed by atoms with Gasteiger partial charge >= 0.3 is 0 Å². The average molecular weight is 402 g/mol. The van der Waals surface area contributed by atoms with Crippen LogP contribution in [0.25, 0.3) is 0 Å². The molecule has 1 aliphatic heterocycles. The normalized spacial score (nSPS) is 18.0. The second kappa shape index (κ2) is 10.5. The van der Waals surface area contributed by atoms with Gasteiger partial charge in [0, 0.05) is 11.1 Å². The van der Waals surface area contributed by atoms with Crippen LogP contribution in [0.3, 0.4) is 0 Å². The SMILES string of the molecule is C[C@@H](NC(=O)C[NH+](C)Cc1ccc(F)cc1)[C@H](c1ccccc1)[NH+]1CCOCC1. The van der Waals surface area contributed by atoms with Gasteiger partial charge < -0.3 is 19.9 Å². The molecular formula is C23H32FN3O2+2. The van der Waals surface area contributed by atoms with Crippen molar-refractivity contribution in [2.75, 3.05) is 39.9 Å². The summed E-state index contributed by atoms with van der Waals surface area (Å²) in [5.41, 5.74) is 2.26. The molecule has 0 saturated carbocycles. The molecule has 29 heavy (non-hydrogen) atoms. The number of nitrogens with one attached hydrogen (secondary N) is 3. The minimum atomic E-state index is -0.240. The van der Waals surface area contributed by atoms with Crippen LogP contribution >= 0.6 is 0 Å². The smallest absolute Gasteiger partial charge is 0.275 e. The van der Waals surface area contributed by atoms with Gasteiger partial charge in [-0.2, -0.15) is 0 Å². The van der Waals surface area contributed by atoms with Crippen molar-refractivity contribution in [3.05, 3.63) is 71.5 Å². The minimum absolute atomic E-state index is 0.0108. The Hall–Kier alpha value is -2.28. The van der Waals surface area contributed by atoms with Crippen molar-refractivity contribution in [3.8, 4) is 0 Å². The summed E-state index contributed by atoms with van der Waals surface area (Å²) in [6.45, 7) is 6.53. The molecule has 1 unspecified atom stereocenters. The first-order valence-corrected chi connectivity index (χ1v) is 10.4. The van der Waals surface area contributed by atoms with Gasteiger partial charge in [0.2, 0.25) is 0 Å². The topological polar surface area (TPSA) is 47.2 Å². The molecule has 3 N–H and O–H groups in total. The number of hydrogen-bond acceptors (Lipinski definition) is 2. The summed E-state index contributed by atoms with van der Waals surface area (Å²) in [5, 5.41) is 3.22. The maximum Gasteiger partial charge on any atom is 0.275 e. The number of benzene rings is 2. The quantitative estimate of drug-likeness (QED) is 0.583. The summed E-state index contributed by atoms with van der Waals surface area (Å²) in [5.74, 6) is -0.207. The molecule has 1 amide bonds. The van der Waals surface area contributed by atoms with E-state index in [0.717, 1.165) is 36.8 Å². The molecule has 6 heteroatoms. The number of ether oxygens (including phenoxy) is 1. The van der Waals surface area contributed by atoms with Gasteiger partial charge in [0.05, 0.1) is 26.3 Å². The van der Waals surface area contributed by atoms with E-state index in [9.17, 15) is 9.18 Å². The van der Waals surface area contributed by atoms with Crippen molar-refractivity contribution in [1.29, 1.82) is 0 Å². The summed E-state index contributed by atoms with van der Waals surface area (Å²) in [6, 6.07) is 17.1. The highest BCUT2D eigenvalue weighted by molar-refractivity contribution is 5.77. The molecule has 0 radical (unpaired) electrons. The van der Waals surface area contributed by atoms with Gasteiger partial charge in [-0.3, -0.25) is 4.79 Å². The van der Waals surface area contributed by atoms with E-state index in [-0.39, 0.29) is 23.8 Å². The number of amides is 1. The summed E-state index contributed by atoms with van der Waals surface area (Å²) in [7, 11) is 1.98. The number of carbonyl (C=O) groups is 1.